The van der Waals surface area contributed by atoms with Crippen LogP contribution in [0.25, 0.3) is 21.9 Å². The third-order valence-electron chi connectivity index (χ3n) is 3.45. The Balaban J connectivity index is 1.57. The summed E-state index contributed by atoms with van der Waals surface area (Å²) in [7, 11) is 0. The van der Waals surface area contributed by atoms with Gasteiger partial charge in [-0.3, -0.25) is 9.97 Å². The lowest BCUT2D eigenvalue weighted by Gasteiger charge is -2.04. The number of pyridine rings is 1. The van der Waals surface area contributed by atoms with Gasteiger partial charge in [-0.15, -0.1) is 0 Å². The van der Waals surface area contributed by atoms with Crippen molar-refractivity contribution < 1.29 is 0 Å². The van der Waals surface area contributed by atoms with Gasteiger partial charge in [-0.2, -0.15) is 0 Å². The number of rotatable bonds is 3. The minimum atomic E-state index is 0.790. The second-order valence-electron chi connectivity index (χ2n) is 4.98. The lowest BCUT2D eigenvalue weighted by atomic mass is 10.2. The molecule has 4 aromatic rings. The molecule has 0 unspecified atom stereocenters. The van der Waals surface area contributed by atoms with Crippen molar-refractivity contribution in [1.29, 1.82) is 0 Å². The number of hydrogen-bond donors (Lipinski definition) is 0. The van der Waals surface area contributed by atoms with Gasteiger partial charge < -0.3 is 0 Å². The van der Waals surface area contributed by atoms with E-state index in [1.54, 1.807) is 11.8 Å². The second-order valence-corrected chi connectivity index (χ2v) is 5.98. The van der Waals surface area contributed by atoms with Crippen molar-refractivity contribution in [2.24, 2.45) is 0 Å². The summed E-state index contributed by atoms with van der Waals surface area (Å²) in [5, 5.41) is 2.09. The van der Waals surface area contributed by atoms with Crippen LogP contribution in [0, 0.1) is 0 Å². The molecule has 0 aliphatic heterocycles. The monoisotopic (exact) mass is 303 g/mol. The first-order chi connectivity index (χ1) is 10.9. The van der Waals surface area contributed by atoms with Gasteiger partial charge in [-0.1, -0.05) is 48.2 Å². The number of hydrogen-bond acceptors (Lipinski definition) is 4. The highest BCUT2D eigenvalue weighted by atomic mass is 32.2. The summed E-state index contributed by atoms with van der Waals surface area (Å²) in [6.45, 7) is 0. The fourth-order valence-electron chi connectivity index (χ4n) is 2.35. The minimum absolute atomic E-state index is 0.790. The topological polar surface area (TPSA) is 38.7 Å². The van der Waals surface area contributed by atoms with Crippen LogP contribution < -0.4 is 0 Å². The van der Waals surface area contributed by atoms with E-state index in [1.807, 2.05) is 48.7 Å². The summed E-state index contributed by atoms with van der Waals surface area (Å²) >= 11 is 1.66. The molecule has 0 aliphatic rings. The van der Waals surface area contributed by atoms with Crippen molar-refractivity contribution in [3.8, 4) is 0 Å². The molecule has 0 bridgehead atoms. The zero-order valence-corrected chi connectivity index (χ0v) is 12.6. The van der Waals surface area contributed by atoms with Gasteiger partial charge in [0, 0.05) is 11.1 Å². The van der Waals surface area contributed by atoms with Gasteiger partial charge in [-0.05, 0) is 24.3 Å². The standard InChI is InChI=1S/C18H13N3S/c1-2-6-15-13(5-1)9-10-14(20-15)12-22-18-11-19-16-7-3-4-8-17(16)21-18/h1-11H,12H2. The first-order valence-electron chi connectivity index (χ1n) is 7.08. The summed E-state index contributed by atoms with van der Waals surface area (Å²) in [4.78, 5) is 13.7. The Morgan fingerprint density at radius 3 is 2.41 bits per heavy atom. The van der Waals surface area contributed by atoms with E-state index < -0.39 is 0 Å². The Kier molecular flexibility index (Phi) is 3.45. The Labute approximate surface area is 132 Å². The van der Waals surface area contributed by atoms with E-state index >= 15 is 0 Å². The molecule has 0 N–H and O–H groups in total. The molecular formula is C18H13N3S. The Hall–Kier alpha value is -2.46. The van der Waals surface area contributed by atoms with Crippen molar-refractivity contribution in [2.75, 3.05) is 0 Å². The summed E-state index contributed by atoms with van der Waals surface area (Å²) < 4.78 is 0. The third kappa shape index (κ3) is 2.65. The highest BCUT2D eigenvalue weighted by Crippen LogP contribution is 2.22. The zero-order chi connectivity index (χ0) is 14.8. The summed E-state index contributed by atoms with van der Waals surface area (Å²) in [6, 6.07) is 20.3. The molecule has 0 atom stereocenters. The number of aromatic nitrogens is 3. The Morgan fingerprint density at radius 1 is 0.727 bits per heavy atom. The fraction of sp³-hybridized carbons (Fsp3) is 0.0556. The molecule has 2 aromatic heterocycles. The average Bonchev–Trinajstić information content (AvgIpc) is 2.59. The summed E-state index contributed by atoms with van der Waals surface area (Å²) in [6.07, 6.45) is 1.83. The van der Waals surface area contributed by atoms with Crippen molar-refractivity contribution in [3.63, 3.8) is 0 Å². The van der Waals surface area contributed by atoms with Crippen molar-refractivity contribution >= 4 is 33.7 Å². The number of benzene rings is 2. The molecule has 0 aliphatic carbocycles. The van der Waals surface area contributed by atoms with Crippen LogP contribution in [0.4, 0.5) is 0 Å². The zero-order valence-electron chi connectivity index (χ0n) is 11.8. The SMILES string of the molecule is c1ccc2nc(CSc3cnc4ccccc4n3)ccc2c1. The van der Waals surface area contributed by atoms with E-state index in [1.165, 1.54) is 5.39 Å². The maximum Gasteiger partial charge on any atom is 0.115 e. The lowest BCUT2D eigenvalue weighted by Crippen LogP contribution is -1.90. The van der Waals surface area contributed by atoms with E-state index in [9.17, 15) is 0 Å². The molecule has 0 saturated heterocycles. The maximum absolute atomic E-state index is 4.68. The third-order valence-corrected chi connectivity index (χ3v) is 4.38. The van der Waals surface area contributed by atoms with Crippen LogP contribution in [0.2, 0.25) is 0 Å². The molecular weight excluding hydrogens is 290 g/mol. The molecule has 0 spiro atoms. The normalized spacial score (nSPS) is 11.1. The van der Waals surface area contributed by atoms with Gasteiger partial charge in [0.1, 0.15) is 5.03 Å². The van der Waals surface area contributed by atoms with E-state index in [-0.39, 0.29) is 0 Å². The van der Waals surface area contributed by atoms with Crippen molar-refractivity contribution in [1.82, 2.24) is 15.0 Å². The molecule has 106 valence electrons. The van der Waals surface area contributed by atoms with E-state index in [4.69, 9.17) is 0 Å². The van der Waals surface area contributed by atoms with Crippen LogP contribution in [0.5, 0.6) is 0 Å². The molecule has 3 nitrogen and oxygen atoms in total. The predicted octanol–water partition coefficient (Wildman–Crippen LogP) is 4.47. The molecule has 0 amide bonds. The average molecular weight is 303 g/mol. The highest BCUT2D eigenvalue weighted by molar-refractivity contribution is 7.98. The van der Waals surface area contributed by atoms with E-state index in [0.717, 1.165) is 33.0 Å². The van der Waals surface area contributed by atoms with E-state index in [0.29, 0.717) is 0 Å². The molecule has 4 rings (SSSR count). The first-order valence-corrected chi connectivity index (χ1v) is 8.06. The van der Waals surface area contributed by atoms with Crippen molar-refractivity contribution in [3.05, 3.63) is 72.6 Å². The van der Waals surface area contributed by atoms with Crippen LogP contribution >= 0.6 is 11.8 Å². The maximum atomic E-state index is 4.68. The fourth-order valence-corrected chi connectivity index (χ4v) is 3.09. The van der Waals surface area contributed by atoms with Gasteiger partial charge in [0.15, 0.2) is 0 Å². The molecule has 2 aromatic carbocycles. The number of nitrogens with zero attached hydrogens (tertiary/aromatic N) is 3. The largest absolute Gasteiger partial charge is 0.252 e. The lowest BCUT2D eigenvalue weighted by molar-refractivity contribution is 1.11. The minimum Gasteiger partial charge on any atom is -0.252 e. The number of para-hydroxylation sites is 3. The van der Waals surface area contributed by atoms with Gasteiger partial charge in [0.25, 0.3) is 0 Å². The smallest absolute Gasteiger partial charge is 0.115 e. The Bertz CT molecular complexity index is 873. The quantitative estimate of drug-likeness (QED) is 0.523. The predicted molar refractivity (Wildman–Crippen MR) is 90.8 cm³/mol. The molecule has 4 heteroatoms. The van der Waals surface area contributed by atoms with Crippen LogP contribution in [-0.4, -0.2) is 15.0 Å². The summed E-state index contributed by atoms with van der Waals surface area (Å²) in [5.41, 5.74) is 3.94. The van der Waals surface area contributed by atoms with Gasteiger partial charge in [0.05, 0.1) is 28.4 Å². The molecule has 0 fully saturated rings. The van der Waals surface area contributed by atoms with E-state index in [2.05, 4.69) is 33.2 Å². The van der Waals surface area contributed by atoms with Crippen LogP contribution in [-0.2, 0) is 5.75 Å². The van der Waals surface area contributed by atoms with Crippen LogP contribution in [0.15, 0.2) is 71.9 Å². The molecule has 0 radical (unpaired) electrons. The van der Waals surface area contributed by atoms with Crippen LogP contribution in [0.1, 0.15) is 5.69 Å². The highest BCUT2D eigenvalue weighted by Gasteiger charge is 2.03. The van der Waals surface area contributed by atoms with Gasteiger partial charge in [0.2, 0.25) is 0 Å². The Morgan fingerprint density at radius 2 is 1.50 bits per heavy atom. The van der Waals surface area contributed by atoms with Crippen molar-refractivity contribution in [2.45, 2.75) is 10.8 Å². The number of thioether (sulfide) groups is 1. The second kappa shape index (κ2) is 5.73. The van der Waals surface area contributed by atoms with Gasteiger partial charge in [-0.25, -0.2) is 4.98 Å². The summed E-state index contributed by atoms with van der Waals surface area (Å²) in [5.74, 6) is 0.790. The molecule has 0 saturated carbocycles. The number of fused-ring (bicyclic) bond motifs is 2. The van der Waals surface area contributed by atoms with Crippen LogP contribution in [0.3, 0.4) is 0 Å². The first kappa shape index (κ1) is 13.2. The van der Waals surface area contributed by atoms with Gasteiger partial charge >= 0.3 is 0 Å². The molecule has 22 heavy (non-hydrogen) atoms. The molecule has 2 heterocycles.